The summed E-state index contributed by atoms with van der Waals surface area (Å²) in [6.45, 7) is 2.71. The van der Waals surface area contributed by atoms with Gasteiger partial charge in [0.05, 0.1) is 0 Å². The molecule has 0 fully saturated rings. The molecule has 0 aliphatic heterocycles. The summed E-state index contributed by atoms with van der Waals surface area (Å²) in [6, 6.07) is 0. The van der Waals surface area contributed by atoms with Crippen LogP contribution in [0.4, 0.5) is 0 Å². The second-order valence-corrected chi connectivity index (χ2v) is 2.58. The Morgan fingerprint density at radius 2 is 2.33 bits per heavy atom. The molecule has 0 aromatic rings. The van der Waals surface area contributed by atoms with Crippen molar-refractivity contribution in [3.05, 3.63) is 12.2 Å². The lowest BCUT2D eigenvalue weighted by Gasteiger charge is -1.92. The van der Waals surface area contributed by atoms with Crippen molar-refractivity contribution in [3.8, 4) is 0 Å². The molecule has 0 saturated heterocycles. The summed E-state index contributed by atoms with van der Waals surface area (Å²) in [4.78, 5) is 0. The number of halogens is 1. The van der Waals surface area contributed by atoms with E-state index in [2.05, 4.69) is 0 Å². The van der Waals surface area contributed by atoms with Gasteiger partial charge in [-0.3, -0.25) is 0 Å². The molecule has 0 rings (SSSR count). The second-order valence-electron chi connectivity index (χ2n) is 1.89. The molecule has 0 aliphatic carbocycles. The standard InChI is InChI=1S/C7H13ClO/c1-7(8)5-3-4-6-9-2/h3,5,7H,4,6H2,1-2H3. The first kappa shape index (κ1) is 8.99. The van der Waals surface area contributed by atoms with Crippen LogP contribution in [0, 0.1) is 0 Å². The maximum absolute atomic E-state index is 5.63. The quantitative estimate of drug-likeness (QED) is 0.338. The lowest BCUT2D eigenvalue weighted by atomic mass is 10.3. The van der Waals surface area contributed by atoms with Crippen molar-refractivity contribution in [3.63, 3.8) is 0 Å². The van der Waals surface area contributed by atoms with E-state index in [-0.39, 0.29) is 5.38 Å². The summed E-state index contributed by atoms with van der Waals surface area (Å²) in [5.74, 6) is 0. The molecule has 0 bridgehead atoms. The molecule has 0 heterocycles. The molecule has 0 N–H and O–H groups in total. The van der Waals surface area contributed by atoms with E-state index >= 15 is 0 Å². The van der Waals surface area contributed by atoms with Crippen LogP contribution < -0.4 is 0 Å². The van der Waals surface area contributed by atoms with E-state index in [4.69, 9.17) is 16.3 Å². The van der Waals surface area contributed by atoms with Gasteiger partial charge in [-0.15, -0.1) is 11.6 Å². The number of hydrogen-bond acceptors (Lipinski definition) is 1. The lowest BCUT2D eigenvalue weighted by molar-refractivity contribution is 0.204. The van der Waals surface area contributed by atoms with Gasteiger partial charge in [-0.25, -0.2) is 0 Å². The smallest absolute Gasteiger partial charge is 0.0496 e. The summed E-state index contributed by atoms with van der Waals surface area (Å²) < 4.78 is 4.83. The van der Waals surface area contributed by atoms with Crippen LogP contribution >= 0.6 is 11.6 Å². The van der Waals surface area contributed by atoms with Gasteiger partial charge in [0.2, 0.25) is 0 Å². The average Bonchev–Trinajstić information content (AvgIpc) is 1.80. The van der Waals surface area contributed by atoms with E-state index < -0.39 is 0 Å². The highest BCUT2D eigenvalue weighted by Gasteiger charge is 1.84. The minimum Gasteiger partial charge on any atom is -0.384 e. The highest BCUT2D eigenvalue weighted by atomic mass is 35.5. The Balaban J connectivity index is 3.04. The Bertz CT molecular complexity index is 79.0. The first-order valence-electron chi connectivity index (χ1n) is 3.07. The number of rotatable bonds is 4. The van der Waals surface area contributed by atoms with Crippen molar-refractivity contribution in [2.24, 2.45) is 0 Å². The summed E-state index contributed by atoms with van der Waals surface area (Å²) in [5, 5.41) is 0.141. The largest absolute Gasteiger partial charge is 0.384 e. The molecule has 9 heavy (non-hydrogen) atoms. The lowest BCUT2D eigenvalue weighted by Crippen LogP contribution is -1.86. The van der Waals surface area contributed by atoms with Gasteiger partial charge < -0.3 is 4.74 Å². The number of allylic oxidation sites excluding steroid dienone is 1. The van der Waals surface area contributed by atoms with E-state index in [1.807, 2.05) is 19.1 Å². The van der Waals surface area contributed by atoms with Crippen LogP contribution in [-0.2, 0) is 4.74 Å². The minimum absolute atomic E-state index is 0.141. The van der Waals surface area contributed by atoms with Gasteiger partial charge in [0, 0.05) is 19.1 Å². The Hall–Kier alpha value is -0.0100. The van der Waals surface area contributed by atoms with E-state index in [1.165, 1.54) is 0 Å². The van der Waals surface area contributed by atoms with Crippen molar-refractivity contribution in [2.75, 3.05) is 13.7 Å². The topological polar surface area (TPSA) is 9.23 Å². The number of alkyl halides is 1. The van der Waals surface area contributed by atoms with Gasteiger partial charge in [0.1, 0.15) is 0 Å². The second kappa shape index (κ2) is 6.12. The van der Waals surface area contributed by atoms with E-state index in [9.17, 15) is 0 Å². The monoisotopic (exact) mass is 148 g/mol. The summed E-state index contributed by atoms with van der Waals surface area (Å²) in [5.41, 5.74) is 0. The number of methoxy groups -OCH3 is 1. The molecule has 0 spiro atoms. The third kappa shape index (κ3) is 7.99. The molecule has 0 aromatic heterocycles. The third-order valence-electron chi connectivity index (χ3n) is 0.890. The molecule has 0 aromatic carbocycles. The van der Waals surface area contributed by atoms with Crippen LogP contribution in [0.15, 0.2) is 12.2 Å². The average molecular weight is 149 g/mol. The van der Waals surface area contributed by atoms with Gasteiger partial charge >= 0.3 is 0 Å². The zero-order chi connectivity index (χ0) is 7.11. The van der Waals surface area contributed by atoms with Gasteiger partial charge in [-0.05, 0) is 13.3 Å². The molecular weight excluding hydrogens is 136 g/mol. The van der Waals surface area contributed by atoms with E-state index in [0.29, 0.717) is 0 Å². The zero-order valence-electron chi connectivity index (χ0n) is 5.93. The predicted molar refractivity (Wildman–Crippen MR) is 40.9 cm³/mol. The van der Waals surface area contributed by atoms with Crippen LogP contribution in [0.3, 0.4) is 0 Å². The minimum atomic E-state index is 0.141. The maximum atomic E-state index is 5.63. The molecule has 0 radical (unpaired) electrons. The van der Waals surface area contributed by atoms with E-state index in [0.717, 1.165) is 13.0 Å². The normalized spacial score (nSPS) is 14.6. The third-order valence-corrected chi connectivity index (χ3v) is 1.04. The molecule has 0 amide bonds. The Morgan fingerprint density at radius 3 is 2.78 bits per heavy atom. The van der Waals surface area contributed by atoms with Gasteiger partial charge in [0.25, 0.3) is 0 Å². The van der Waals surface area contributed by atoms with Crippen LogP contribution in [0.25, 0.3) is 0 Å². The molecule has 2 heteroatoms. The Kier molecular flexibility index (Phi) is 6.11. The molecule has 1 unspecified atom stereocenters. The summed E-state index contributed by atoms with van der Waals surface area (Å²) >= 11 is 5.63. The van der Waals surface area contributed by atoms with Gasteiger partial charge in [-0.1, -0.05) is 12.2 Å². The SMILES string of the molecule is COCCC=CC(C)Cl. The molecule has 0 saturated carbocycles. The van der Waals surface area contributed by atoms with Crippen molar-refractivity contribution >= 4 is 11.6 Å². The first-order valence-corrected chi connectivity index (χ1v) is 3.50. The van der Waals surface area contributed by atoms with Crippen LogP contribution in [0.2, 0.25) is 0 Å². The molecule has 1 atom stereocenters. The summed E-state index contributed by atoms with van der Waals surface area (Å²) in [6.07, 6.45) is 4.94. The fourth-order valence-electron chi connectivity index (χ4n) is 0.470. The number of ether oxygens (including phenoxy) is 1. The predicted octanol–water partition coefficient (Wildman–Crippen LogP) is 2.21. The fourth-order valence-corrected chi connectivity index (χ4v) is 0.573. The van der Waals surface area contributed by atoms with Crippen LogP contribution in [0.1, 0.15) is 13.3 Å². The molecule has 54 valence electrons. The molecule has 0 aliphatic rings. The fraction of sp³-hybridized carbons (Fsp3) is 0.714. The van der Waals surface area contributed by atoms with Crippen LogP contribution in [-0.4, -0.2) is 19.1 Å². The summed E-state index contributed by atoms with van der Waals surface area (Å²) in [7, 11) is 1.69. The van der Waals surface area contributed by atoms with Crippen LogP contribution in [0.5, 0.6) is 0 Å². The molecular formula is C7H13ClO. The molecule has 1 nitrogen and oxygen atoms in total. The van der Waals surface area contributed by atoms with Gasteiger partial charge in [-0.2, -0.15) is 0 Å². The van der Waals surface area contributed by atoms with Crippen molar-refractivity contribution in [1.82, 2.24) is 0 Å². The van der Waals surface area contributed by atoms with Crippen molar-refractivity contribution in [2.45, 2.75) is 18.7 Å². The number of hydrogen-bond donors (Lipinski definition) is 0. The van der Waals surface area contributed by atoms with Gasteiger partial charge in [0.15, 0.2) is 0 Å². The van der Waals surface area contributed by atoms with E-state index in [1.54, 1.807) is 7.11 Å². The Labute approximate surface area is 61.7 Å². The highest BCUT2D eigenvalue weighted by Crippen LogP contribution is 1.95. The van der Waals surface area contributed by atoms with Crippen molar-refractivity contribution in [1.29, 1.82) is 0 Å². The Morgan fingerprint density at radius 1 is 1.67 bits per heavy atom. The highest BCUT2D eigenvalue weighted by molar-refractivity contribution is 6.21. The van der Waals surface area contributed by atoms with Crippen molar-refractivity contribution < 1.29 is 4.74 Å². The maximum Gasteiger partial charge on any atom is 0.0496 e. The first-order chi connectivity index (χ1) is 4.27. The zero-order valence-corrected chi connectivity index (χ0v) is 6.69.